The molecule has 1 fully saturated rings. The summed E-state index contributed by atoms with van der Waals surface area (Å²) in [5.41, 5.74) is 3.38. The van der Waals surface area contributed by atoms with Gasteiger partial charge < -0.3 is 9.73 Å². The van der Waals surface area contributed by atoms with E-state index in [1.165, 1.54) is 20.1 Å². The van der Waals surface area contributed by atoms with Gasteiger partial charge in [0.2, 0.25) is 5.91 Å². The minimum Gasteiger partial charge on any atom is -0.460 e. The average molecular weight is 445 g/mol. The number of carbonyl (C=O) groups is 1. The van der Waals surface area contributed by atoms with E-state index < -0.39 is 0 Å². The highest BCUT2D eigenvalue weighted by molar-refractivity contribution is 14.1. The third-order valence-corrected chi connectivity index (χ3v) is 5.34. The lowest BCUT2D eigenvalue weighted by molar-refractivity contribution is -0.122. The van der Waals surface area contributed by atoms with E-state index in [1.54, 1.807) is 0 Å². The van der Waals surface area contributed by atoms with E-state index in [-0.39, 0.29) is 11.8 Å². The number of hydrogen-bond donors (Lipinski definition) is 1. The maximum Gasteiger partial charge on any atom is 0.223 e. The molecule has 0 radical (unpaired) electrons. The van der Waals surface area contributed by atoms with Gasteiger partial charge in [-0.25, -0.2) is 0 Å². The molecule has 0 saturated heterocycles. The largest absolute Gasteiger partial charge is 0.460 e. The fourth-order valence-corrected chi connectivity index (χ4v) is 3.66. The van der Waals surface area contributed by atoms with Crippen molar-refractivity contribution in [3.05, 3.63) is 69.0 Å². The third-order valence-electron chi connectivity index (χ3n) is 4.67. The van der Waals surface area contributed by atoms with Crippen LogP contribution in [0.15, 0.2) is 52.9 Å². The highest BCUT2D eigenvalue weighted by Crippen LogP contribution is 2.30. The lowest BCUT2D eigenvalue weighted by Gasteiger charge is -2.06. The number of hydrogen-bond acceptors (Lipinski definition) is 2. The van der Waals surface area contributed by atoms with Gasteiger partial charge in [0, 0.05) is 33.4 Å². The van der Waals surface area contributed by atoms with Crippen LogP contribution < -0.4 is 5.32 Å². The van der Waals surface area contributed by atoms with E-state index in [0.29, 0.717) is 6.54 Å². The predicted octanol–water partition coefficient (Wildman–Crippen LogP) is 4.70. The second-order valence-corrected chi connectivity index (χ2v) is 7.87. The molecule has 1 aliphatic carbocycles. The van der Waals surface area contributed by atoms with E-state index in [1.807, 2.05) is 12.1 Å². The topological polar surface area (TPSA) is 42.2 Å². The van der Waals surface area contributed by atoms with Crippen molar-refractivity contribution in [1.82, 2.24) is 5.32 Å². The molecule has 4 rings (SSSR count). The summed E-state index contributed by atoms with van der Waals surface area (Å²) in [7, 11) is 0. The first-order valence-corrected chi connectivity index (χ1v) is 9.80. The summed E-state index contributed by atoms with van der Waals surface area (Å²) in [5, 5.41) is 4.24. The Hall–Kier alpha value is -1.82. The highest BCUT2D eigenvalue weighted by Gasteiger charge is 2.29. The Morgan fingerprint density at radius 2 is 1.96 bits per heavy atom. The second-order valence-electron chi connectivity index (χ2n) is 6.62. The van der Waals surface area contributed by atoms with Crippen LogP contribution in [0.4, 0.5) is 0 Å². The van der Waals surface area contributed by atoms with E-state index in [9.17, 15) is 4.79 Å². The first-order chi connectivity index (χ1) is 12.2. The minimum atomic E-state index is 0.201. The zero-order chi connectivity index (χ0) is 17.2. The van der Waals surface area contributed by atoms with Crippen molar-refractivity contribution in [3.63, 3.8) is 0 Å². The van der Waals surface area contributed by atoms with Crippen molar-refractivity contribution in [2.75, 3.05) is 6.54 Å². The molecular weight excluding hydrogens is 425 g/mol. The van der Waals surface area contributed by atoms with Gasteiger partial charge in [-0.2, -0.15) is 0 Å². The quantitative estimate of drug-likeness (QED) is 0.560. The Morgan fingerprint density at radius 3 is 2.72 bits per heavy atom. The molecule has 0 spiro atoms. The standard InChI is InChI=1S/C21H20INO2/c22-16-8-9-19-18(13-16)17(10-11-23-21(24)15-6-7-15)20(25-19)12-14-4-2-1-3-5-14/h1-5,8-9,13,15H,6-7,10-12H2,(H,23,24). The van der Waals surface area contributed by atoms with Gasteiger partial charge >= 0.3 is 0 Å². The Labute approximate surface area is 160 Å². The van der Waals surface area contributed by atoms with Crippen LogP contribution >= 0.6 is 22.6 Å². The molecule has 2 aromatic carbocycles. The summed E-state index contributed by atoms with van der Waals surface area (Å²) < 4.78 is 7.35. The molecule has 1 aromatic heterocycles. The highest BCUT2D eigenvalue weighted by atomic mass is 127. The normalized spacial score (nSPS) is 14.0. The van der Waals surface area contributed by atoms with Crippen LogP contribution in [0.5, 0.6) is 0 Å². The van der Waals surface area contributed by atoms with Gasteiger partial charge in [0.1, 0.15) is 11.3 Å². The van der Waals surface area contributed by atoms with Crippen molar-refractivity contribution < 1.29 is 9.21 Å². The van der Waals surface area contributed by atoms with Gasteiger partial charge in [-0.05, 0) is 65.6 Å². The summed E-state index contributed by atoms with van der Waals surface area (Å²) >= 11 is 2.33. The summed E-state index contributed by atoms with van der Waals surface area (Å²) in [6.07, 6.45) is 3.65. The van der Waals surface area contributed by atoms with Crippen molar-refractivity contribution >= 4 is 39.5 Å². The fourth-order valence-electron chi connectivity index (χ4n) is 3.17. The monoisotopic (exact) mass is 445 g/mol. The molecule has 25 heavy (non-hydrogen) atoms. The number of carbonyl (C=O) groups excluding carboxylic acids is 1. The van der Waals surface area contributed by atoms with Crippen LogP contribution in [0.2, 0.25) is 0 Å². The molecule has 128 valence electrons. The zero-order valence-electron chi connectivity index (χ0n) is 13.9. The van der Waals surface area contributed by atoms with E-state index in [0.717, 1.165) is 37.0 Å². The third kappa shape index (κ3) is 3.89. The summed E-state index contributed by atoms with van der Waals surface area (Å²) in [4.78, 5) is 11.9. The summed E-state index contributed by atoms with van der Waals surface area (Å²) in [6, 6.07) is 16.7. The molecular formula is C21H20INO2. The van der Waals surface area contributed by atoms with Crippen LogP contribution in [0.25, 0.3) is 11.0 Å². The number of furan rings is 1. The van der Waals surface area contributed by atoms with Gasteiger partial charge in [-0.1, -0.05) is 30.3 Å². The minimum absolute atomic E-state index is 0.201. The van der Waals surface area contributed by atoms with Crippen molar-refractivity contribution in [2.45, 2.75) is 25.7 Å². The maximum absolute atomic E-state index is 11.9. The van der Waals surface area contributed by atoms with Crippen molar-refractivity contribution in [2.24, 2.45) is 5.92 Å². The molecule has 1 aliphatic rings. The zero-order valence-corrected chi connectivity index (χ0v) is 16.1. The molecule has 0 unspecified atom stereocenters. The maximum atomic E-state index is 11.9. The predicted molar refractivity (Wildman–Crippen MR) is 108 cm³/mol. The van der Waals surface area contributed by atoms with Crippen LogP contribution in [0.1, 0.15) is 29.7 Å². The van der Waals surface area contributed by atoms with E-state index >= 15 is 0 Å². The number of nitrogens with one attached hydrogen (secondary N) is 1. The van der Waals surface area contributed by atoms with Gasteiger partial charge in [0.25, 0.3) is 0 Å². The van der Waals surface area contributed by atoms with Gasteiger partial charge in [-0.15, -0.1) is 0 Å². The molecule has 1 saturated carbocycles. The molecule has 1 N–H and O–H groups in total. The van der Waals surface area contributed by atoms with Crippen LogP contribution in [-0.4, -0.2) is 12.5 Å². The molecule has 3 aromatic rings. The summed E-state index contributed by atoms with van der Waals surface area (Å²) in [6.45, 7) is 0.664. The van der Waals surface area contributed by atoms with Crippen molar-refractivity contribution in [3.8, 4) is 0 Å². The first-order valence-electron chi connectivity index (χ1n) is 8.72. The molecule has 0 aliphatic heterocycles. The SMILES string of the molecule is O=C(NCCc1c(Cc2ccccc2)oc2ccc(I)cc12)C1CC1. The van der Waals surface area contributed by atoms with Gasteiger partial charge in [0.05, 0.1) is 0 Å². The number of halogens is 1. The Morgan fingerprint density at radius 1 is 1.16 bits per heavy atom. The van der Waals surface area contributed by atoms with E-state index in [2.05, 4.69) is 64.3 Å². The van der Waals surface area contributed by atoms with Gasteiger partial charge in [-0.3, -0.25) is 4.79 Å². The van der Waals surface area contributed by atoms with Gasteiger partial charge in [0.15, 0.2) is 0 Å². The number of rotatable bonds is 6. The average Bonchev–Trinajstić information content (AvgIpc) is 3.41. The number of amides is 1. The molecule has 0 bridgehead atoms. The van der Waals surface area contributed by atoms with Crippen LogP contribution in [-0.2, 0) is 17.6 Å². The molecule has 0 atom stereocenters. The first kappa shape index (κ1) is 16.6. The van der Waals surface area contributed by atoms with Crippen molar-refractivity contribution in [1.29, 1.82) is 0 Å². The van der Waals surface area contributed by atoms with E-state index in [4.69, 9.17) is 4.42 Å². The molecule has 3 nitrogen and oxygen atoms in total. The van der Waals surface area contributed by atoms with Crippen LogP contribution in [0, 0.1) is 9.49 Å². The fraction of sp³-hybridized carbons (Fsp3) is 0.286. The number of benzene rings is 2. The second kappa shape index (κ2) is 7.20. The molecule has 4 heteroatoms. The molecule has 1 amide bonds. The Bertz CT molecular complexity index is 897. The smallest absolute Gasteiger partial charge is 0.223 e. The van der Waals surface area contributed by atoms with Crippen LogP contribution in [0.3, 0.4) is 0 Å². The Kier molecular flexibility index (Phi) is 4.79. The number of fused-ring (bicyclic) bond motifs is 1. The lowest BCUT2D eigenvalue weighted by Crippen LogP contribution is -2.27. The lowest BCUT2D eigenvalue weighted by atomic mass is 10.0. The Balaban J connectivity index is 1.60. The molecule has 1 heterocycles. The summed E-state index contributed by atoms with van der Waals surface area (Å²) in [5.74, 6) is 1.46.